The van der Waals surface area contributed by atoms with Crippen molar-refractivity contribution < 1.29 is 9.47 Å². The summed E-state index contributed by atoms with van der Waals surface area (Å²) < 4.78 is 12.7. The molecule has 0 aliphatic carbocycles. The van der Waals surface area contributed by atoms with Crippen LogP contribution < -0.4 is 10.1 Å². The number of hydrogen-bond donors (Lipinski definition) is 1. The molecule has 1 unspecified atom stereocenters. The Morgan fingerprint density at radius 1 is 1.22 bits per heavy atom. The highest BCUT2D eigenvalue weighted by Crippen LogP contribution is 2.50. The second-order valence-electron chi connectivity index (χ2n) is 6.10. The van der Waals surface area contributed by atoms with Crippen molar-refractivity contribution >= 4 is 21.6 Å². The topological polar surface area (TPSA) is 30.5 Å². The van der Waals surface area contributed by atoms with E-state index < -0.39 is 0 Å². The first-order valence-corrected chi connectivity index (χ1v) is 8.96. The van der Waals surface area contributed by atoms with E-state index in [2.05, 4.69) is 63.7 Å². The molecule has 2 aromatic carbocycles. The van der Waals surface area contributed by atoms with E-state index in [9.17, 15) is 0 Å². The van der Waals surface area contributed by atoms with Gasteiger partial charge in [0.15, 0.2) is 0 Å². The third-order valence-electron chi connectivity index (χ3n) is 4.75. The fourth-order valence-electron chi connectivity index (χ4n) is 3.71. The monoisotopic (exact) mass is 373 g/mol. The normalized spacial score (nSPS) is 25.4. The average Bonchev–Trinajstić information content (AvgIpc) is 3.05. The second kappa shape index (κ2) is 6.17. The second-order valence-corrected chi connectivity index (χ2v) is 7.02. The van der Waals surface area contributed by atoms with Crippen LogP contribution >= 0.6 is 15.9 Å². The Morgan fingerprint density at radius 3 is 2.83 bits per heavy atom. The van der Waals surface area contributed by atoms with Gasteiger partial charge in [-0.05, 0) is 49.2 Å². The standard InChI is InChI=1S/C19H20BrNO2/c1-2-22-14-6-3-12(4-7-14)18-15-9-10-23-19(15)16-11-13(20)5-8-17(16)21-18/h3-8,11,15,18-19,21H,2,9-10H2,1H3/t15-,18?,19-/m0/s1. The Labute approximate surface area is 145 Å². The Bertz CT molecular complexity index is 701. The maximum atomic E-state index is 6.07. The highest BCUT2D eigenvalue weighted by atomic mass is 79.9. The largest absolute Gasteiger partial charge is 0.494 e. The lowest BCUT2D eigenvalue weighted by atomic mass is 9.81. The molecule has 3 nitrogen and oxygen atoms in total. The van der Waals surface area contributed by atoms with Gasteiger partial charge >= 0.3 is 0 Å². The van der Waals surface area contributed by atoms with Gasteiger partial charge in [-0.3, -0.25) is 0 Å². The summed E-state index contributed by atoms with van der Waals surface area (Å²) in [6.07, 6.45) is 1.27. The maximum Gasteiger partial charge on any atom is 0.119 e. The van der Waals surface area contributed by atoms with E-state index in [0.29, 0.717) is 12.5 Å². The molecule has 0 amide bonds. The van der Waals surface area contributed by atoms with Crippen molar-refractivity contribution in [3.63, 3.8) is 0 Å². The first-order chi connectivity index (χ1) is 11.3. The average molecular weight is 374 g/mol. The summed E-state index contributed by atoms with van der Waals surface area (Å²) in [4.78, 5) is 0. The van der Waals surface area contributed by atoms with Gasteiger partial charge in [-0.1, -0.05) is 28.1 Å². The van der Waals surface area contributed by atoms with E-state index in [1.165, 1.54) is 16.8 Å². The molecule has 2 heterocycles. The van der Waals surface area contributed by atoms with E-state index >= 15 is 0 Å². The molecule has 0 saturated carbocycles. The Hall–Kier alpha value is -1.52. The maximum absolute atomic E-state index is 6.07. The number of anilines is 1. The predicted octanol–water partition coefficient (Wildman–Crippen LogP) is 5.09. The summed E-state index contributed by atoms with van der Waals surface area (Å²) in [5.74, 6) is 1.39. The summed E-state index contributed by atoms with van der Waals surface area (Å²) in [6.45, 7) is 3.53. The lowest BCUT2D eigenvalue weighted by Gasteiger charge is -2.36. The van der Waals surface area contributed by atoms with Crippen LogP contribution in [-0.4, -0.2) is 13.2 Å². The molecule has 23 heavy (non-hydrogen) atoms. The van der Waals surface area contributed by atoms with Crippen LogP contribution in [0.2, 0.25) is 0 Å². The Kier molecular flexibility index (Phi) is 4.04. The molecule has 1 fully saturated rings. The quantitative estimate of drug-likeness (QED) is 0.812. The van der Waals surface area contributed by atoms with Crippen molar-refractivity contribution in [1.29, 1.82) is 0 Å². The zero-order valence-electron chi connectivity index (χ0n) is 13.1. The van der Waals surface area contributed by atoms with E-state index in [4.69, 9.17) is 9.47 Å². The minimum atomic E-state index is 0.181. The highest BCUT2D eigenvalue weighted by molar-refractivity contribution is 9.10. The number of ether oxygens (including phenoxy) is 2. The number of benzene rings is 2. The summed E-state index contributed by atoms with van der Waals surface area (Å²) in [5.41, 5.74) is 3.74. The van der Waals surface area contributed by atoms with Crippen molar-refractivity contribution in [2.24, 2.45) is 5.92 Å². The number of hydrogen-bond acceptors (Lipinski definition) is 3. The molecule has 0 spiro atoms. The molecule has 120 valence electrons. The van der Waals surface area contributed by atoms with Gasteiger partial charge in [0.05, 0.1) is 18.8 Å². The van der Waals surface area contributed by atoms with Crippen LogP contribution in [0.15, 0.2) is 46.9 Å². The molecule has 4 heteroatoms. The third kappa shape index (κ3) is 2.74. The first kappa shape index (κ1) is 15.0. The van der Waals surface area contributed by atoms with Crippen LogP contribution in [0.4, 0.5) is 5.69 Å². The Morgan fingerprint density at radius 2 is 2.04 bits per heavy atom. The number of fused-ring (bicyclic) bond motifs is 3. The van der Waals surface area contributed by atoms with E-state index in [1.54, 1.807) is 0 Å². The van der Waals surface area contributed by atoms with E-state index in [1.807, 2.05) is 6.92 Å². The summed E-state index contributed by atoms with van der Waals surface area (Å²) in [7, 11) is 0. The van der Waals surface area contributed by atoms with Crippen molar-refractivity contribution in [2.45, 2.75) is 25.5 Å². The van der Waals surface area contributed by atoms with Gasteiger partial charge in [0.1, 0.15) is 5.75 Å². The third-order valence-corrected chi connectivity index (χ3v) is 5.24. The van der Waals surface area contributed by atoms with Gasteiger partial charge in [-0.2, -0.15) is 0 Å². The van der Waals surface area contributed by atoms with Crippen LogP contribution in [0.5, 0.6) is 5.75 Å². The summed E-state index contributed by atoms with van der Waals surface area (Å²) >= 11 is 3.57. The Balaban J connectivity index is 1.68. The minimum Gasteiger partial charge on any atom is -0.494 e. The van der Waals surface area contributed by atoms with Gasteiger partial charge in [-0.15, -0.1) is 0 Å². The van der Waals surface area contributed by atoms with Crippen molar-refractivity contribution in [1.82, 2.24) is 0 Å². The van der Waals surface area contributed by atoms with Crippen molar-refractivity contribution in [2.75, 3.05) is 18.5 Å². The molecule has 0 radical (unpaired) electrons. The summed E-state index contributed by atoms with van der Waals surface area (Å²) in [5, 5.41) is 3.72. The van der Waals surface area contributed by atoms with Gasteiger partial charge in [-0.25, -0.2) is 0 Å². The SMILES string of the molecule is CCOc1ccc(C2Nc3ccc(Br)cc3[C@H]3OCC[C@@H]23)cc1. The molecule has 0 aromatic heterocycles. The molecule has 0 bridgehead atoms. The number of nitrogens with one attached hydrogen (secondary N) is 1. The van der Waals surface area contributed by atoms with E-state index in [0.717, 1.165) is 23.2 Å². The van der Waals surface area contributed by atoms with Crippen LogP contribution in [-0.2, 0) is 4.74 Å². The van der Waals surface area contributed by atoms with Crippen LogP contribution in [0.1, 0.15) is 36.6 Å². The molecular formula is C19H20BrNO2. The number of halogens is 1. The predicted molar refractivity (Wildman–Crippen MR) is 94.9 cm³/mol. The number of rotatable bonds is 3. The van der Waals surface area contributed by atoms with Crippen molar-refractivity contribution in [3.8, 4) is 5.75 Å². The van der Waals surface area contributed by atoms with E-state index in [-0.39, 0.29) is 12.1 Å². The lowest BCUT2D eigenvalue weighted by Crippen LogP contribution is -2.29. The molecule has 2 aromatic rings. The summed E-state index contributed by atoms with van der Waals surface area (Å²) in [6, 6.07) is 15.1. The van der Waals surface area contributed by atoms with Gasteiger partial charge in [0.2, 0.25) is 0 Å². The fraction of sp³-hybridized carbons (Fsp3) is 0.368. The van der Waals surface area contributed by atoms with Crippen LogP contribution in [0, 0.1) is 5.92 Å². The molecule has 1 saturated heterocycles. The molecule has 1 N–H and O–H groups in total. The van der Waals surface area contributed by atoms with Gasteiger partial charge < -0.3 is 14.8 Å². The van der Waals surface area contributed by atoms with Crippen LogP contribution in [0.25, 0.3) is 0 Å². The zero-order chi connectivity index (χ0) is 15.8. The smallest absolute Gasteiger partial charge is 0.119 e. The molecule has 2 aliphatic heterocycles. The zero-order valence-corrected chi connectivity index (χ0v) is 14.7. The molecule has 2 aliphatic rings. The first-order valence-electron chi connectivity index (χ1n) is 8.16. The highest BCUT2D eigenvalue weighted by Gasteiger charge is 2.41. The van der Waals surface area contributed by atoms with Gasteiger partial charge in [0, 0.05) is 28.2 Å². The molecule has 3 atom stereocenters. The minimum absolute atomic E-state index is 0.181. The van der Waals surface area contributed by atoms with Crippen LogP contribution in [0.3, 0.4) is 0 Å². The fourth-order valence-corrected chi connectivity index (χ4v) is 4.09. The van der Waals surface area contributed by atoms with Crippen molar-refractivity contribution in [3.05, 3.63) is 58.1 Å². The van der Waals surface area contributed by atoms with Gasteiger partial charge in [0.25, 0.3) is 0 Å². The molecular weight excluding hydrogens is 354 g/mol. The lowest BCUT2D eigenvalue weighted by molar-refractivity contribution is 0.0829. The molecule has 4 rings (SSSR count).